The van der Waals surface area contributed by atoms with Gasteiger partial charge >= 0.3 is 8.80 Å². The van der Waals surface area contributed by atoms with Gasteiger partial charge in [0.05, 0.1) is 6.10 Å². The summed E-state index contributed by atoms with van der Waals surface area (Å²) in [6.07, 6.45) is 3.62. The Morgan fingerprint density at radius 1 is 1.08 bits per heavy atom. The molecule has 136 valence electrons. The van der Waals surface area contributed by atoms with E-state index in [1.807, 2.05) is 18.2 Å². The number of rotatable bonds is 9. The highest BCUT2D eigenvalue weighted by molar-refractivity contribution is 6.60. The standard InChI is InChI=1S/C18H31NO4Si/c1-21-24(22-2,23-3)12-11-15-9-10-18(20)17(13-15)19-14-16-7-5-4-6-8-16/h4-8,15,17-20H,9-14H2,1-3H3. The minimum atomic E-state index is -2.49. The van der Waals surface area contributed by atoms with Crippen molar-refractivity contribution in [3.05, 3.63) is 35.9 Å². The lowest BCUT2D eigenvalue weighted by atomic mass is 9.82. The van der Waals surface area contributed by atoms with Crippen molar-refractivity contribution in [2.45, 2.75) is 50.4 Å². The summed E-state index contributed by atoms with van der Waals surface area (Å²) in [5.41, 5.74) is 1.25. The zero-order chi connectivity index (χ0) is 17.4. The molecule has 0 aliphatic heterocycles. The van der Waals surface area contributed by atoms with Gasteiger partial charge in [-0.15, -0.1) is 0 Å². The molecule has 1 saturated carbocycles. The van der Waals surface area contributed by atoms with Gasteiger partial charge in [0, 0.05) is 40.0 Å². The van der Waals surface area contributed by atoms with Crippen LogP contribution < -0.4 is 5.32 Å². The maximum atomic E-state index is 10.3. The molecule has 6 heteroatoms. The second kappa shape index (κ2) is 9.65. The molecular weight excluding hydrogens is 322 g/mol. The van der Waals surface area contributed by atoms with Crippen LogP contribution in [0.1, 0.15) is 31.2 Å². The Balaban J connectivity index is 1.83. The number of hydrogen-bond acceptors (Lipinski definition) is 5. The van der Waals surface area contributed by atoms with Crippen LogP contribution in [0.5, 0.6) is 0 Å². The molecule has 1 aromatic carbocycles. The fourth-order valence-corrected chi connectivity index (χ4v) is 5.38. The summed E-state index contributed by atoms with van der Waals surface area (Å²) >= 11 is 0. The molecule has 1 aliphatic carbocycles. The number of aliphatic hydroxyl groups excluding tert-OH is 1. The Hall–Kier alpha value is -0.763. The van der Waals surface area contributed by atoms with E-state index in [9.17, 15) is 5.11 Å². The minimum Gasteiger partial charge on any atom is -0.392 e. The van der Waals surface area contributed by atoms with Gasteiger partial charge < -0.3 is 23.7 Å². The number of nitrogens with one attached hydrogen (secondary N) is 1. The molecule has 0 radical (unpaired) electrons. The Bertz CT molecular complexity index is 461. The maximum absolute atomic E-state index is 10.3. The highest BCUT2D eigenvalue weighted by Crippen LogP contribution is 2.31. The Morgan fingerprint density at radius 3 is 2.38 bits per heavy atom. The van der Waals surface area contributed by atoms with Crippen molar-refractivity contribution in [3.63, 3.8) is 0 Å². The fourth-order valence-electron chi connectivity index (χ4n) is 3.51. The van der Waals surface area contributed by atoms with Crippen molar-refractivity contribution >= 4 is 8.80 Å². The van der Waals surface area contributed by atoms with Crippen molar-refractivity contribution in [1.29, 1.82) is 0 Å². The van der Waals surface area contributed by atoms with Gasteiger partial charge in [0.15, 0.2) is 0 Å². The molecule has 0 saturated heterocycles. The van der Waals surface area contributed by atoms with Crippen molar-refractivity contribution in [2.75, 3.05) is 21.3 Å². The number of hydrogen-bond donors (Lipinski definition) is 2. The van der Waals surface area contributed by atoms with Crippen LogP contribution in [0.15, 0.2) is 30.3 Å². The lowest BCUT2D eigenvalue weighted by Gasteiger charge is -2.35. The summed E-state index contributed by atoms with van der Waals surface area (Å²) in [5.74, 6) is 0.564. The average Bonchev–Trinajstić information content (AvgIpc) is 2.64. The molecule has 0 bridgehead atoms. The van der Waals surface area contributed by atoms with Gasteiger partial charge in [-0.05, 0) is 37.2 Å². The first-order chi connectivity index (χ1) is 11.6. The first kappa shape index (κ1) is 19.6. The highest BCUT2D eigenvalue weighted by atomic mass is 28.4. The van der Waals surface area contributed by atoms with E-state index in [0.29, 0.717) is 5.92 Å². The summed E-state index contributed by atoms with van der Waals surface area (Å²) < 4.78 is 16.5. The Kier molecular flexibility index (Phi) is 7.87. The van der Waals surface area contributed by atoms with E-state index >= 15 is 0 Å². The summed E-state index contributed by atoms with van der Waals surface area (Å²) in [7, 11) is 2.49. The molecule has 1 aliphatic rings. The fraction of sp³-hybridized carbons (Fsp3) is 0.667. The van der Waals surface area contributed by atoms with Crippen molar-refractivity contribution in [3.8, 4) is 0 Å². The van der Waals surface area contributed by atoms with Gasteiger partial charge in [-0.1, -0.05) is 30.3 Å². The van der Waals surface area contributed by atoms with Crippen LogP contribution in [0.2, 0.25) is 6.04 Å². The molecule has 2 rings (SSSR count). The second-order valence-electron chi connectivity index (χ2n) is 6.55. The molecule has 1 aromatic rings. The van der Waals surface area contributed by atoms with Crippen LogP contribution in [-0.2, 0) is 19.8 Å². The Morgan fingerprint density at radius 2 is 1.75 bits per heavy atom. The molecule has 0 heterocycles. The van der Waals surface area contributed by atoms with Crippen LogP contribution in [0.3, 0.4) is 0 Å². The zero-order valence-electron chi connectivity index (χ0n) is 15.0. The third-order valence-electron chi connectivity index (χ3n) is 5.13. The van der Waals surface area contributed by atoms with Crippen molar-refractivity contribution < 1.29 is 18.4 Å². The van der Waals surface area contributed by atoms with E-state index in [1.54, 1.807) is 21.3 Å². The zero-order valence-corrected chi connectivity index (χ0v) is 16.0. The van der Waals surface area contributed by atoms with Crippen molar-refractivity contribution in [2.24, 2.45) is 5.92 Å². The molecule has 24 heavy (non-hydrogen) atoms. The molecule has 2 N–H and O–H groups in total. The normalized spacial score (nSPS) is 24.9. The third kappa shape index (κ3) is 5.37. The lowest BCUT2D eigenvalue weighted by molar-refractivity contribution is 0.0655. The topological polar surface area (TPSA) is 60.0 Å². The van der Waals surface area contributed by atoms with E-state index in [0.717, 1.165) is 38.3 Å². The summed E-state index contributed by atoms with van der Waals surface area (Å²) in [5, 5.41) is 13.8. The number of benzene rings is 1. The van der Waals surface area contributed by atoms with Crippen LogP contribution in [0.25, 0.3) is 0 Å². The lowest BCUT2D eigenvalue weighted by Crippen LogP contribution is -2.46. The molecule has 5 nitrogen and oxygen atoms in total. The van der Waals surface area contributed by atoms with E-state index in [1.165, 1.54) is 5.56 Å². The first-order valence-electron chi connectivity index (χ1n) is 8.73. The van der Waals surface area contributed by atoms with Crippen LogP contribution in [0, 0.1) is 5.92 Å². The SMILES string of the molecule is CO[Si](CCC1CCC(O)C(NCc2ccccc2)C1)(OC)OC. The smallest absolute Gasteiger partial charge is 0.392 e. The first-order valence-corrected chi connectivity index (χ1v) is 10.7. The van der Waals surface area contributed by atoms with Crippen LogP contribution in [-0.4, -0.2) is 47.4 Å². The molecule has 1 fully saturated rings. The molecule has 0 spiro atoms. The van der Waals surface area contributed by atoms with Crippen LogP contribution in [0.4, 0.5) is 0 Å². The minimum absolute atomic E-state index is 0.146. The van der Waals surface area contributed by atoms with Gasteiger partial charge in [-0.3, -0.25) is 0 Å². The predicted molar refractivity (Wildman–Crippen MR) is 96.6 cm³/mol. The maximum Gasteiger partial charge on any atom is 0.500 e. The number of aliphatic hydroxyl groups is 1. The van der Waals surface area contributed by atoms with Gasteiger partial charge in [-0.2, -0.15) is 0 Å². The van der Waals surface area contributed by atoms with Gasteiger partial charge in [0.1, 0.15) is 0 Å². The van der Waals surface area contributed by atoms with E-state index in [2.05, 4.69) is 17.4 Å². The average molecular weight is 354 g/mol. The van der Waals surface area contributed by atoms with Crippen molar-refractivity contribution in [1.82, 2.24) is 5.32 Å². The summed E-state index contributed by atoms with van der Waals surface area (Å²) in [4.78, 5) is 0. The van der Waals surface area contributed by atoms with E-state index < -0.39 is 8.80 Å². The predicted octanol–water partition coefficient (Wildman–Crippen LogP) is 2.57. The second-order valence-corrected chi connectivity index (χ2v) is 9.64. The quantitative estimate of drug-likeness (QED) is 0.668. The Labute approximate surface area is 146 Å². The third-order valence-corrected chi connectivity index (χ3v) is 7.89. The molecule has 0 aromatic heterocycles. The van der Waals surface area contributed by atoms with Gasteiger partial charge in [-0.25, -0.2) is 0 Å². The van der Waals surface area contributed by atoms with E-state index in [4.69, 9.17) is 13.3 Å². The largest absolute Gasteiger partial charge is 0.500 e. The monoisotopic (exact) mass is 353 g/mol. The van der Waals surface area contributed by atoms with Gasteiger partial charge in [0.25, 0.3) is 0 Å². The molecule has 0 amide bonds. The highest BCUT2D eigenvalue weighted by Gasteiger charge is 2.39. The van der Waals surface area contributed by atoms with E-state index in [-0.39, 0.29) is 12.1 Å². The molecule has 3 atom stereocenters. The summed E-state index contributed by atoms with van der Waals surface area (Å²) in [6, 6.07) is 11.3. The van der Waals surface area contributed by atoms with Gasteiger partial charge in [0.2, 0.25) is 0 Å². The molecule has 3 unspecified atom stereocenters. The molecular formula is C18H31NO4Si. The van der Waals surface area contributed by atoms with Crippen LogP contribution >= 0.6 is 0 Å². The summed E-state index contributed by atoms with van der Waals surface area (Å²) in [6.45, 7) is 0.794.